The number of carboxylic acids is 1. The Bertz CT molecular complexity index is 1140. The number of nitrogens with zero attached hydrogens (tertiary/aromatic N) is 3. The van der Waals surface area contributed by atoms with Crippen LogP contribution < -0.4 is 4.74 Å². The van der Waals surface area contributed by atoms with Crippen molar-refractivity contribution in [3.05, 3.63) is 89.6 Å². The Labute approximate surface area is 181 Å². The van der Waals surface area contributed by atoms with Gasteiger partial charge in [0.25, 0.3) is 0 Å². The summed E-state index contributed by atoms with van der Waals surface area (Å²) in [6.45, 7) is -0.209. The van der Waals surface area contributed by atoms with E-state index in [1.165, 1.54) is 29.9 Å². The first-order valence-electron chi connectivity index (χ1n) is 9.29. The zero-order valence-corrected chi connectivity index (χ0v) is 16.9. The van der Waals surface area contributed by atoms with E-state index >= 15 is 0 Å². The van der Waals surface area contributed by atoms with Gasteiger partial charge in [0, 0.05) is 31.3 Å². The first-order chi connectivity index (χ1) is 15.4. The van der Waals surface area contributed by atoms with E-state index in [1.807, 2.05) is 30.3 Å². The summed E-state index contributed by atoms with van der Waals surface area (Å²) in [5.74, 6) is -3.94. The van der Waals surface area contributed by atoms with Gasteiger partial charge in [-0.3, -0.25) is 0 Å². The van der Waals surface area contributed by atoms with Crippen LogP contribution in [0.5, 0.6) is 5.75 Å². The monoisotopic (exact) mass is 443 g/mol. The maximum absolute atomic E-state index is 13.4. The molecule has 3 rings (SSSR count). The highest BCUT2D eigenvalue weighted by Crippen LogP contribution is 2.32. The molecule has 0 saturated heterocycles. The summed E-state index contributed by atoms with van der Waals surface area (Å²) in [7, 11) is 1.29. The van der Waals surface area contributed by atoms with E-state index in [0.29, 0.717) is 5.69 Å². The van der Waals surface area contributed by atoms with Crippen LogP contribution in [0.3, 0.4) is 0 Å². The molecule has 0 radical (unpaired) electrons. The van der Waals surface area contributed by atoms with Gasteiger partial charge in [0.2, 0.25) is 5.70 Å². The number of benzene rings is 2. The standard InChI is InChI=1S/C22H19F2N3O5/c1-31-13-19(28)21(22(29)30)26-25-18-8-7-15(27-10-16(23)17(24)11-27)9-20(18)32-12-14-5-3-2-4-6-14/h2-11,28H,12-13H2,1H3,(H,29,30). The van der Waals surface area contributed by atoms with Crippen molar-refractivity contribution in [1.29, 1.82) is 0 Å². The number of ether oxygens (including phenoxy) is 2. The molecule has 1 heterocycles. The summed E-state index contributed by atoms with van der Waals surface area (Å²) in [5.41, 5.74) is 0.676. The van der Waals surface area contributed by atoms with Crippen LogP contribution in [0.2, 0.25) is 0 Å². The Balaban J connectivity index is 1.97. The second-order valence-corrected chi connectivity index (χ2v) is 6.52. The van der Waals surface area contributed by atoms with Gasteiger partial charge in [-0.25, -0.2) is 13.6 Å². The summed E-state index contributed by atoms with van der Waals surface area (Å²) >= 11 is 0. The van der Waals surface area contributed by atoms with E-state index in [2.05, 4.69) is 10.2 Å². The Morgan fingerprint density at radius 2 is 1.75 bits per heavy atom. The average Bonchev–Trinajstić information content (AvgIpc) is 3.12. The molecule has 166 valence electrons. The van der Waals surface area contributed by atoms with Gasteiger partial charge in [0.1, 0.15) is 24.7 Å². The third-order valence-corrected chi connectivity index (χ3v) is 4.23. The van der Waals surface area contributed by atoms with Crippen LogP contribution >= 0.6 is 0 Å². The summed E-state index contributed by atoms with van der Waals surface area (Å²) < 4.78 is 38.6. The first kappa shape index (κ1) is 22.6. The van der Waals surface area contributed by atoms with Crippen LogP contribution in [0.15, 0.2) is 82.6 Å². The van der Waals surface area contributed by atoms with Gasteiger partial charge in [0.05, 0.1) is 0 Å². The molecular formula is C22H19F2N3O5. The van der Waals surface area contributed by atoms with Crippen molar-refractivity contribution < 1.29 is 33.3 Å². The quantitative estimate of drug-likeness (QED) is 0.277. The molecule has 0 spiro atoms. The summed E-state index contributed by atoms with van der Waals surface area (Å²) in [6, 6.07) is 13.6. The zero-order chi connectivity index (χ0) is 23.1. The maximum Gasteiger partial charge on any atom is 0.360 e. The van der Waals surface area contributed by atoms with E-state index < -0.39 is 29.1 Å². The molecule has 0 amide bonds. The van der Waals surface area contributed by atoms with Gasteiger partial charge >= 0.3 is 5.97 Å². The lowest BCUT2D eigenvalue weighted by Crippen LogP contribution is -2.06. The van der Waals surface area contributed by atoms with E-state index in [9.17, 15) is 23.8 Å². The second-order valence-electron chi connectivity index (χ2n) is 6.52. The third kappa shape index (κ3) is 5.55. The predicted octanol–water partition coefficient (Wildman–Crippen LogP) is 4.92. The van der Waals surface area contributed by atoms with Crippen LogP contribution in [0.4, 0.5) is 14.5 Å². The van der Waals surface area contributed by atoms with E-state index in [1.54, 1.807) is 0 Å². The largest absolute Gasteiger partial charge is 0.507 e. The Morgan fingerprint density at radius 3 is 2.38 bits per heavy atom. The molecule has 2 aromatic carbocycles. The Morgan fingerprint density at radius 1 is 1.06 bits per heavy atom. The predicted molar refractivity (Wildman–Crippen MR) is 110 cm³/mol. The van der Waals surface area contributed by atoms with Crippen molar-refractivity contribution in [3.8, 4) is 11.4 Å². The van der Waals surface area contributed by atoms with Crippen LogP contribution in [-0.2, 0) is 16.1 Å². The number of hydrogen-bond acceptors (Lipinski definition) is 6. The molecule has 10 heteroatoms. The summed E-state index contributed by atoms with van der Waals surface area (Å²) in [4.78, 5) is 11.4. The molecule has 8 nitrogen and oxygen atoms in total. The van der Waals surface area contributed by atoms with Crippen molar-refractivity contribution in [2.24, 2.45) is 10.2 Å². The fourth-order valence-corrected chi connectivity index (χ4v) is 2.68. The van der Waals surface area contributed by atoms with Crippen molar-refractivity contribution >= 4 is 11.7 Å². The lowest BCUT2D eigenvalue weighted by molar-refractivity contribution is -0.133. The molecule has 0 aliphatic rings. The van der Waals surface area contributed by atoms with Crippen LogP contribution in [0, 0.1) is 11.6 Å². The molecule has 3 aromatic rings. The summed E-state index contributed by atoms with van der Waals surface area (Å²) in [5, 5.41) is 26.6. The van der Waals surface area contributed by atoms with Crippen LogP contribution in [0.1, 0.15) is 5.56 Å². The zero-order valence-electron chi connectivity index (χ0n) is 16.9. The van der Waals surface area contributed by atoms with Gasteiger partial charge in [-0.15, -0.1) is 10.2 Å². The van der Waals surface area contributed by atoms with E-state index in [4.69, 9.17) is 9.47 Å². The Kier molecular flexibility index (Phi) is 7.29. The minimum Gasteiger partial charge on any atom is -0.507 e. The number of hydrogen-bond donors (Lipinski definition) is 2. The first-order valence-corrected chi connectivity index (χ1v) is 9.29. The number of rotatable bonds is 9. The minimum atomic E-state index is -1.50. The highest BCUT2D eigenvalue weighted by Gasteiger charge is 2.15. The number of methoxy groups -OCH3 is 1. The molecular weight excluding hydrogens is 424 g/mol. The fraction of sp³-hybridized carbons (Fsp3) is 0.136. The number of carboxylic acid groups (broad SMARTS) is 1. The molecule has 0 saturated carbocycles. The number of azo groups is 1. The number of aliphatic carboxylic acids is 1. The van der Waals surface area contributed by atoms with Gasteiger partial charge in [-0.1, -0.05) is 30.3 Å². The molecule has 0 aliphatic heterocycles. The number of aliphatic hydroxyl groups excluding tert-OH is 1. The molecule has 2 N–H and O–H groups in total. The van der Waals surface area contributed by atoms with Gasteiger partial charge in [-0.05, 0) is 17.7 Å². The summed E-state index contributed by atoms with van der Waals surface area (Å²) in [6.07, 6.45) is 1.95. The molecule has 32 heavy (non-hydrogen) atoms. The SMILES string of the molecule is COCC(O)=C(N=Nc1ccc(-n2cc(F)c(F)c2)cc1OCc1ccccc1)C(=O)O. The third-order valence-electron chi connectivity index (χ3n) is 4.23. The van der Waals surface area contributed by atoms with Crippen molar-refractivity contribution in [1.82, 2.24) is 4.57 Å². The highest BCUT2D eigenvalue weighted by molar-refractivity contribution is 5.86. The van der Waals surface area contributed by atoms with Gasteiger partial charge in [-0.2, -0.15) is 0 Å². The van der Waals surface area contributed by atoms with E-state index in [-0.39, 0.29) is 24.7 Å². The second kappa shape index (κ2) is 10.3. The number of aliphatic hydroxyl groups is 1. The van der Waals surface area contributed by atoms with E-state index in [0.717, 1.165) is 18.0 Å². The molecule has 0 unspecified atom stereocenters. The molecule has 0 fully saturated rings. The highest BCUT2D eigenvalue weighted by atomic mass is 19.2. The van der Waals surface area contributed by atoms with Crippen LogP contribution in [-0.4, -0.2) is 34.5 Å². The molecule has 0 aliphatic carbocycles. The number of halogens is 2. The maximum atomic E-state index is 13.4. The van der Waals surface area contributed by atoms with Gasteiger partial charge in [0.15, 0.2) is 17.4 Å². The Hall–Kier alpha value is -4.05. The average molecular weight is 443 g/mol. The molecule has 0 bridgehead atoms. The molecule has 0 atom stereocenters. The lowest BCUT2D eigenvalue weighted by Gasteiger charge is -2.11. The normalized spacial score (nSPS) is 12.1. The number of aromatic nitrogens is 1. The van der Waals surface area contributed by atoms with Crippen molar-refractivity contribution in [2.45, 2.75) is 6.61 Å². The van der Waals surface area contributed by atoms with Crippen molar-refractivity contribution in [2.75, 3.05) is 13.7 Å². The smallest absolute Gasteiger partial charge is 0.360 e. The lowest BCUT2D eigenvalue weighted by atomic mass is 10.2. The minimum absolute atomic E-state index is 0.141. The van der Waals surface area contributed by atoms with Gasteiger partial charge < -0.3 is 24.3 Å². The molecule has 1 aromatic heterocycles. The van der Waals surface area contributed by atoms with Crippen LogP contribution in [0.25, 0.3) is 5.69 Å². The van der Waals surface area contributed by atoms with Crippen molar-refractivity contribution in [3.63, 3.8) is 0 Å². The fourth-order valence-electron chi connectivity index (χ4n) is 2.68. The topological polar surface area (TPSA) is 106 Å². The number of carbonyl (C=O) groups is 1.